The number of aryl methyl sites for hydroxylation is 2. The van der Waals surface area contributed by atoms with Crippen LogP contribution >= 0.6 is 11.6 Å². The molecule has 0 fully saturated rings. The van der Waals surface area contributed by atoms with Crippen molar-refractivity contribution in [2.75, 3.05) is 6.54 Å². The third-order valence-corrected chi connectivity index (χ3v) is 3.67. The van der Waals surface area contributed by atoms with Gasteiger partial charge in [0.15, 0.2) is 0 Å². The Balaban J connectivity index is 2.42. The van der Waals surface area contributed by atoms with Crippen LogP contribution in [0.5, 0.6) is 0 Å². The molecule has 0 aliphatic carbocycles. The highest BCUT2D eigenvalue weighted by Crippen LogP contribution is 2.27. The van der Waals surface area contributed by atoms with Gasteiger partial charge in [-0.1, -0.05) is 31.5 Å². The van der Waals surface area contributed by atoms with Crippen molar-refractivity contribution in [1.82, 2.24) is 15.1 Å². The Bertz CT molecular complexity index is 563. The lowest BCUT2D eigenvalue weighted by Crippen LogP contribution is -2.25. The van der Waals surface area contributed by atoms with Gasteiger partial charge in [-0.2, -0.15) is 5.10 Å². The molecule has 1 aromatic heterocycles. The van der Waals surface area contributed by atoms with E-state index in [4.69, 9.17) is 11.6 Å². The van der Waals surface area contributed by atoms with Crippen molar-refractivity contribution in [2.24, 2.45) is 0 Å². The highest BCUT2D eigenvalue weighted by Gasteiger charge is 2.19. The van der Waals surface area contributed by atoms with Crippen molar-refractivity contribution >= 4 is 11.6 Å². The van der Waals surface area contributed by atoms with Crippen LogP contribution in [0, 0.1) is 6.92 Å². The summed E-state index contributed by atoms with van der Waals surface area (Å²) in [4.78, 5) is 0. The molecule has 0 saturated heterocycles. The third-order valence-electron chi connectivity index (χ3n) is 3.43. The fourth-order valence-corrected chi connectivity index (χ4v) is 2.75. The van der Waals surface area contributed by atoms with E-state index in [1.165, 1.54) is 16.8 Å². The minimum absolute atomic E-state index is 0.159. The molecular weight excluding hydrogens is 270 g/mol. The van der Waals surface area contributed by atoms with Gasteiger partial charge in [0.2, 0.25) is 0 Å². The zero-order valence-electron chi connectivity index (χ0n) is 12.4. The molecule has 1 unspecified atom stereocenters. The van der Waals surface area contributed by atoms with Crippen molar-refractivity contribution in [1.29, 1.82) is 0 Å². The summed E-state index contributed by atoms with van der Waals surface area (Å²) in [5.41, 5.74) is 3.67. The Morgan fingerprint density at radius 2 is 2.10 bits per heavy atom. The topological polar surface area (TPSA) is 29.9 Å². The second kappa shape index (κ2) is 6.91. The first-order valence-corrected chi connectivity index (χ1v) is 7.56. The highest BCUT2D eigenvalue weighted by molar-refractivity contribution is 6.30. The lowest BCUT2D eigenvalue weighted by molar-refractivity contribution is 0.519. The van der Waals surface area contributed by atoms with Gasteiger partial charge >= 0.3 is 0 Å². The van der Waals surface area contributed by atoms with E-state index in [0.29, 0.717) is 0 Å². The van der Waals surface area contributed by atoms with E-state index in [1.54, 1.807) is 0 Å². The molecule has 0 spiro atoms. The standard InChI is InChI=1S/C16H22ClN3/c1-4-10-20-15(8-9-19-20)16(18-5-2)14-7-6-13(17)11-12(14)3/h6-9,11,16,18H,4-5,10H2,1-3H3. The van der Waals surface area contributed by atoms with Gasteiger partial charge in [-0.3, -0.25) is 4.68 Å². The van der Waals surface area contributed by atoms with E-state index in [9.17, 15) is 0 Å². The number of nitrogens with one attached hydrogen (secondary N) is 1. The van der Waals surface area contributed by atoms with Gasteiger partial charge in [-0.15, -0.1) is 0 Å². The lowest BCUT2D eigenvalue weighted by atomic mass is 9.98. The summed E-state index contributed by atoms with van der Waals surface area (Å²) < 4.78 is 2.08. The smallest absolute Gasteiger partial charge is 0.0750 e. The van der Waals surface area contributed by atoms with Crippen LogP contribution in [0.4, 0.5) is 0 Å². The zero-order valence-corrected chi connectivity index (χ0v) is 13.1. The first-order valence-electron chi connectivity index (χ1n) is 7.18. The SMILES string of the molecule is CCCn1nccc1C(NCC)c1ccc(Cl)cc1C. The van der Waals surface area contributed by atoms with Crippen molar-refractivity contribution in [3.8, 4) is 0 Å². The number of aromatic nitrogens is 2. The maximum absolute atomic E-state index is 6.07. The number of rotatable bonds is 6. The normalized spacial score (nSPS) is 12.6. The van der Waals surface area contributed by atoms with Crippen LogP contribution < -0.4 is 5.32 Å². The van der Waals surface area contributed by atoms with Gasteiger partial charge < -0.3 is 5.32 Å². The quantitative estimate of drug-likeness (QED) is 0.873. The molecule has 3 nitrogen and oxygen atoms in total. The molecule has 0 aliphatic rings. The summed E-state index contributed by atoms with van der Waals surface area (Å²) in [5, 5.41) is 8.77. The minimum atomic E-state index is 0.159. The molecule has 2 aromatic rings. The minimum Gasteiger partial charge on any atom is -0.305 e. The van der Waals surface area contributed by atoms with Crippen molar-refractivity contribution in [3.05, 3.63) is 52.3 Å². The fourth-order valence-electron chi connectivity index (χ4n) is 2.53. The molecule has 1 atom stereocenters. The van der Waals surface area contributed by atoms with Crippen LogP contribution in [0.2, 0.25) is 5.02 Å². The number of hydrogen-bond acceptors (Lipinski definition) is 2. The van der Waals surface area contributed by atoms with Crippen LogP contribution in [0.3, 0.4) is 0 Å². The van der Waals surface area contributed by atoms with Crippen molar-refractivity contribution in [3.63, 3.8) is 0 Å². The largest absolute Gasteiger partial charge is 0.305 e. The van der Waals surface area contributed by atoms with Crippen molar-refractivity contribution in [2.45, 2.75) is 39.8 Å². The molecule has 0 amide bonds. The van der Waals surface area contributed by atoms with Gasteiger partial charge in [0.25, 0.3) is 0 Å². The lowest BCUT2D eigenvalue weighted by Gasteiger charge is -2.22. The van der Waals surface area contributed by atoms with Crippen molar-refractivity contribution < 1.29 is 0 Å². The average molecular weight is 292 g/mol. The van der Waals surface area contributed by atoms with Gasteiger partial charge in [0, 0.05) is 17.8 Å². The Labute approximate surface area is 126 Å². The Kier molecular flexibility index (Phi) is 5.21. The molecule has 0 bridgehead atoms. The van der Waals surface area contributed by atoms with Crippen LogP contribution in [-0.4, -0.2) is 16.3 Å². The van der Waals surface area contributed by atoms with Crippen LogP contribution in [0.25, 0.3) is 0 Å². The summed E-state index contributed by atoms with van der Waals surface area (Å²) in [6.45, 7) is 8.24. The molecule has 1 N–H and O–H groups in total. The average Bonchev–Trinajstić information content (AvgIpc) is 2.85. The van der Waals surface area contributed by atoms with Gasteiger partial charge in [-0.05, 0) is 49.2 Å². The molecule has 108 valence electrons. The predicted molar refractivity (Wildman–Crippen MR) is 84.2 cm³/mol. The van der Waals surface area contributed by atoms with E-state index in [-0.39, 0.29) is 6.04 Å². The third kappa shape index (κ3) is 3.22. The Morgan fingerprint density at radius 1 is 1.30 bits per heavy atom. The Morgan fingerprint density at radius 3 is 2.75 bits per heavy atom. The molecule has 0 aliphatic heterocycles. The first kappa shape index (κ1) is 15.1. The van der Waals surface area contributed by atoms with Gasteiger partial charge in [0.1, 0.15) is 0 Å². The molecule has 20 heavy (non-hydrogen) atoms. The molecule has 0 saturated carbocycles. The highest BCUT2D eigenvalue weighted by atomic mass is 35.5. The summed E-state index contributed by atoms with van der Waals surface area (Å²) in [7, 11) is 0. The second-order valence-electron chi connectivity index (χ2n) is 4.97. The second-order valence-corrected chi connectivity index (χ2v) is 5.41. The van der Waals surface area contributed by atoms with Crippen LogP contribution in [-0.2, 0) is 6.54 Å². The summed E-state index contributed by atoms with van der Waals surface area (Å²) in [6, 6.07) is 8.33. The number of hydrogen-bond donors (Lipinski definition) is 1. The van der Waals surface area contributed by atoms with Crippen LogP contribution in [0.15, 0.2) is 30.5 Å². The van der Waals surface area contributed by atoms with E-state index in [0.717, 1.165) is 24.5 Å². The Hall–Kier alpha value is -1.32. The van der Waals surface area contributed by atoms with E-state index in [1.807, 2.05) is 18.3 Å². The fraction of sp³-hybridized carbons (Fsp3) is 0.438. The molecule has 2 rings (SSSR count). The number of benzene rings is 1. The maximum Gasteiger partial charge on any atom is 0.0750 e. The van der Waals surface area contributed by atoms with Gasteiger partial charge in [-0.25, -0.2) is 0 Å². The zero-order chi connectivity index (χ0) is 14.5. The van der Waals surface area contributed by atoms with Gasteiger partial charge in [0.05, 0.1) is 11.7 Å². The number of halogens is 1. The van der Waals surface area contributed by atoms with E-state index >= 15 is 0 Å². The molecule has 1 aromatic carbocycles. The monoisotopic (exact) mass is 291 g/mol. The molecular formula is C16H22ClN3. The molecule has 1 heterocycles. The summed E-state index contributed by atoms with van der Waals surface area (Å²) in [5.74, 6) is 0. The predicted octanol–water partition coefficient (Wildman–Crippen LogP) is 3.95. The van der Waals surface area contributed by atoms with Crippen LogP contribution in [0.1, 0.15) is 43.1 Å². The summed E-state index contributed by atoms with van der Waals surface area (Å²) >= 11 is 6.07. The number of nitrogens with zero attached hydrogens (tertiary/aromatic N) is 2. The van der Waals surface area contributed by atoms with E-state index in [2.05, 4.69) is 48.0 Å². The molecule has 0 radical (unpaired) electrons. The molecule has 4 heteroatoms. The summed E-state index contributed by atoms with van der Waals surface area (Å²) in [6.07, 6.45) is 2.95. The van der Waals surface area contributed by atoms with E-state index < -0.39 is 0 Å². The maximum atomic E-state index is 6.07. The first-order chi connectivity index (χ1) is 9.67.